The second-order valence-corrected chi connectivity index (χ2v) is 3.97. The molecule has 0 unspecified atom stereocenters. The number of hydrogen-bond donors (Lipinski definition) is 0. The van der Waals surface area contributed by atoms with Gasteiger partial charge in [-0.05, 0) is 47.0 Å². The zero-order chi connectivity index (χ0) is 8.27. The second kappa shape index (κ2) is 3.98. The Labute approximate surface area is 83.9 Å². The lowest BCUT2D eigenvalue weighted by Gasteiger charge is -1.98. The molecule has 0 aliphatic rings. The van der Waals surface area contributed by atoms with Gasteiger partial charge in [-0.15, -0.1) is 11.8 Å². The summed E-state index contributed by atoms with van der Waals surface area (Å²) in [5.41, 5.74) is 0.731. The van der Waals surface area contributed by atoms with Gasteiger partial charge in [0, 0.05) is 8.47 Å². The Hall–Kier alpha value is -0.210. The number of nitriles is 1. The van der Waals surface area contributed by atoms with Gasteiger partial charge in [0.1, 0.15) is 0 Å². The van der Waals surface area contributed by atoms with E-state index in [9.17, 15) is 0 Å². The van der Waals surface area contributed by atoms with Crippen LogP contribution in [0.5, 0.6) is 0 Å². The molecule has 0 N–H and O–H groups in total. The Morgan fingerprint density at radius 1 is 1.55 bits per heavy atom. The highest BCUT2D eigenvalue weighted by Gasteiger charge is 1.98. The van der Waals surface area contributed by atoms with Crippen molar-refractivity contribution in [3.05, 3.63) is 27.3 Å². The van der Waals surface area contributed by atoms with E-state index in [0.717, 1.165) is 5.56 Å². The molecule has 0 atom stereocenters. The fourth-order valence-electron chi connectivity index (χ4n) is 0.729. The molecule has 1 rings (SSSR count). The first kappa shape index (κ1) is 8.88. The minimum absolute atomic E-state index is 0.731. The highest BCUT2D eigenvalue weighted by molar-refractivity contribution is 14.1. The standard InChI is InChI=1S/C8H6INS/c1-11-8-4-6(5-10)2-3-7(8)9/h2-4H,1H3. The van der Waals surface area contributed by atoms with Crippen molar-refractivity contribution in [3.8, 4) is 6.07 Å². The van der Waals surface area contributed by atoms with Crippen molar-refractivity contribution in [2.24, 2.45) is 0 Å². The maximum Gasteiger partial charge on any atom is 0.0992 e. The molecule has 1 aromatic carbocycles. The minimum Gasteiger partial charge on any atom is -0.192 e. The second-order valence-electron chi connectivity index (χ2n) is 1.96. The van der Waals surface area contributed by atoms with Crippen LogP contribution in [0.15, 0.2) is 23.1 Å². The molecule has 56 valence electrons. The van der Waals surface area contributed by atoms with Gasteiger partial charge in [0.25, 0.3) is 0 Å². The van der Waals surface area contributed by atoms with Crippen LogP contribution in [0, 0.1) is 14.9 Å². The van der Waals surface area contributed by atoms with E-state index in [1.54, 1.807) is 11.8 Å². The number of nitrogens with zero attached hydrogens (tertiary/aromatic N) is 1. The van der Waals surface area contributed by atoms with Crippen LogP contribution >= 0.6 is 34.4 Å². The third kappa shape index (κ3) is 2.11. The number of halogens is 1. The first-order valence-corrected chi connectivity index (χ1v) is 5.32. The number of rotatable bonds is 1. The summed E-state index contributed by atoms with van der Waals surface area (Å²) in [6.07, 6.45) is 2.01. The Morgan fingerprint density at radius 3 is 2.82 bits per heavy atom. The van der Waals surface area contributed by atoms with Gasteiger partial charge >= 0.3 is 0 Å². The van der Waals surface area contributed by atoms with E-state index < -0.39 is 0 Å². The van der Waals surface area contributed by atoms with Gasteiger partial charge in [-0.3, -0.25) is 0 Å². The zero-order valence-electron chi connectivity index (χ0n) is 5.97. The Bertz CT molecular complexity index is 303. The van der Waals surface area contributed by atoms with Gasteiger partial charge < -0.3 is 0 Å². The van der Waals surface area contributed by atoms with Crippen molar-refractivity contribution in [2.75, 3.05) is 6.26 Å². The molecule has 0 spiro atoms. The quantitative estimate of drug-likeness (QED) is 0.581. The molecular formula is C8H6INS. The Balaban J connectivity index is 3.15. The average Bonchev–Trinajstić information content (AvgIpc) is 2.05. The molecule has 3 heteroatoms. The smallest absolute Gasteiger partial charge is 0.0992 e. The molecule has 1 nitrogen and oxygen atoms in total. The molecule has 0 fully saturated rings. The third-order valence-electron chi connectivity index (χ3n) is 1.28. The monoisotopic (exact) mass is 275 g/mol. The van der Waals surface area contributed by atoms with Gasteiger partial charge in [-0.1, -0.05) is 0 Å². The number of thioether (sulfide) groups is 1. The number of hydrogen-bond acceptors (Lipinski definition) is 2. The highest BCUT2D eigenvalue weighted by atomic mass is 127. The van der Waals surface area contributed by atoms with E-state index in [-0.39, 0.29) is 0 Å². The van der Waals surface area contributed by atoms with Crippen LogP contribution in [-0.2, 0) is 0 Å². The zero-order valence-corrected chi connectivity index (χ0v) is 8.94. The largest absolute Gasteiger partial charge is 0.192 e. The Kier molecular flexibility index (Phi) is 3.21. The summed E-state index contributed by atoms with van der Waals surface area (Å²) in [6.45, 7) is 0. The minimum atomic E-state index is 0.731. The average molecular weight is 275 g/mol. The van der Waals surface area contributed by atoms with Crippen molar-refractivity contribution < 1.29 is 0 Å². The number of benzene rings is 1. The highest BCUT2D eigenvalue weighted by Crippen LogP contribution is 2.22. The summed E-state index contributed by atoms with van der Waals surface area (Å²) in [4.78, 5) is 1.17. The predicted octanol–water partition coefficient (Wildman–Crippen LogP) is 2.88. The molecule has 0 saturated heterocycles. The van der Waals surface area contributed by atoms with E-state index in [2.05, 4.69) is 28.7 Å². The van der Waals surface area contributed by atoms with Crippen LogP contribution in [-0.4, -0.2) is 6.26 Å². The topological polar surface area (TPSA) is 23.8 Å². The van der Waals surface area contributed by atoms with Crippen LogP contribution in [0.4, 0.5) is 0 Å². The fourth-order valence-corrected chi connectivity index (χ4v) is 2.23. The first-order chi connectivity index (χ1) is 5.27. The summed E-state index contributed by atoms with van der Waals surface area (Å²) in [5, 5.41) is 8.59. The lowest BCUT2D eigenvalue weighted by atomic mass is 10.2. The summed E-state index contributed by atoms with van der Waals surface area (Å²) in [6, 6.07) is 7.82. The molecule has 1 aromatic rings. The molecule has 0 aliphatic heterocycles. The van der Waals surface area contributed by atoms with E-state index in [1.165, 1.54) is 8.47 Å². The Morgan fingerprint density at radius 2 is 2.27 bits per heavy atom. The third-order valence-corrected chi connectivity index (χ3v) is 3.36. The van der Waals surface area contributed by atoms with E-state index in [4.69, 9.17) is 5.26 Å². The van der Waals surface area contributed by atoms with Crippen LogP contribution in [0.25, 0.3) is 0 Å². The van der Waals surface area contributed by atoms with Crippen molar-refractivity contribution >= 4 is 34.4 Å². The van der Waals surface area contributed by atoms with E-state index in [0.29, 0.717) is 0 Å². The molecule has 0 amide bonds. The van der Waals surface area contributed by atoms with Gasteiger partial charge in [0.05, 0.1) is 11.6 Å². The van der Waals surface area contributed by atoms with Gasteiger partial charge in [-0.2, -0.15) is 5.26 Å². The first-order valence-electron chi connectivity index (χ1n) is 3.01. The molecule has 0 saturated carbocycles. The van der Waals surface area contributed by atoms with E-state index in [1.807, 2.05) is 24.5 Å². The van der Waals surface area contributed by atoms with Gasteiger partial charge in [-0.25, -0.2) is 0 Å². The maximum atomic E-state index is 8.59. The van der Waals surface area contributed by atoms with Crippen molar-refractivity contribution in [1.82, 2.24) is 0 Å². The van der Waals surface area contributed by atoms with Crippen molar-refractivity contribution in [3.63, 3.8) is 0 Å². The molecular weight excluding hydrogens is 269 g/mol. The normalized spacial score (nSPS) is 9.18. The summed E-state index contributed by atoms with van der Waals surface area (Å²) < 4.78 is 1.20. The van der Waals surface area contributed by atoms with Crippen LogP contribution < -0.4 is 0 Å². The van der Waals surface area contributed by atoms with E-state index >= 15 is 0 Å². The van der Waals surface area contributed by atoms with Gasteiger partial charge in [0.2, 0.25) is 0 Å². The fraction of sp³-hybridized carbons (Fsp3) is 0.125. The van der Waals surface area contributed by atoms with Crippen molar-refractivity contribution in [1.29, 1.82) is 5.26 Å². The SMILES string of the molecule is CSc1cc(C#N)ccc1I. The molecule has 0 bridgehead atoms. The van der Waals surface area contributed by atoms with Crippen LogP contribution in [0.2, 0.25) is 0 Å². The molecule has 0 heterocycles. The van der Waals surface area contributed by atoms with Crippen molar-refractivity contribution in [2.45, 2.75) is 4.90 Å². The molecule has 0 aliphatic carbocycles. The van der Waals surface area contributed by atoms with Gasteiger partial charge in [0.15, 0.2) is 0 Å². The maximum absolute atomic E-state index is 8.59. The molecule has 11 heavy (non-hydrogen) atoms. The summed E-state index contributed by atoms with van der Waals surface area (Å²) in [5.74, 6) is 0. The molecule has 0 aromatic heterocycles. The predicted molar refractivity (Wildman–Crippen MR) is 55.7 cm³/mol. The summed E-state index contributed by atoms with van der Waals surface area (Å²) in [7, 11) is 0. The molecule has 0 radical (unpaired) electrons. The van der Waals surface area contributed by atoms with Crippen LogP contribution in [0.1, 0.15) is 5.56 Å². The van der Waals surface area contributed by atoms with Crippen LogP contribution in [0.3, 0.4) is 0 Å². The summed E-state index contributed by atoms with van der Waals surface area (Å²) >= 11 is 3.93. The lowest BCUT2D eigenvalue weighted by Crippen LogP contribution is -1.80. The lowest BCUT2D eigenvalue weighted by molar-refractivity contribution is 1.37.